The number of aromatic nitrogens is 2. The van der Waals surface area contributed by atoms with Crippen molar-refractivity contribution in [2.75, 3.05) is 0 Å². The van der Waals surface area contributed by atoms with Crippen LogP contribution in [0, 0.1) is 13.8 Å². The Morgan fingerprint density at radius 1 is 1.29 bits per heavy atom. The van der Waals surface area contributed by atoms with E-state index < -0.39 is 0 Å². The third-order valence-corrected chi connectivity index (χ3v) is 4.08. The summed E-state index contributed by atoms with van der Waals surface area (Å²) < 4.78 is 2.03. The molecule has 114 valence electrons. The van der Waals surface area contributed by atoms with Crippen molar-refractivity contribution in [3.05, 3.63) is 40.2 Å². The summed E-state index contributed by atoms with van der Waals surface area (Å²) in [6.07, 6.45) is 0. The molecule has 1 N–H and O–H groups in total. The van der Waals surface area contributed by atoms with Gasteiger partial charge in [-0.05, 0) is 38.0 Å². The van der Waals surface area contributed by atoms with Crippen molar-refractivity contribution in [3.8, 4) is 11.1 Å². The Morgan fingerprint density at radius 3 is 2.52 bits per heavy atom. The minimum Gasteiger partial charge on any atom is -0.310 e. The Balaban J connectivity index is 2.34. The lowest BCUT2D eigenvalue weighted by Gasteiger charge is -2.11. The molecular weight excluding hydrogens is 282 g/mol. The van der Waals surface area contributed by atoms with Crippen LogP contribution < -0.4 is 5.32 Å². The van der Waals surface area contributed by atoms with E-state index in [0.717, 1.165) is 34.9 Å². The molecule has 2 aromatic rings. The third kappa shape index (κ3) is 3.47. The van der Waals surface area contributed by atoms with Crippen LogP contribution in [0.1, 0.15) is 37.7 Å². The summed E-state index contributed by atoms with van der Waals surface area (Å²) in [5.41, 5.74) is 5.72. The molecule has 0 aliphatic heterocycles. The predicted octanol–water partition coefficient (Wildman–Crippen LogP) is 4.34. The monoisotopic (exact) mass is 305 g/mol. The van der Waals surface area contributed by atoms with Crippen molar-refractivity contribution in [1.82, 2.24) is 15.1 Å². The van der Waals surface area contributed by atoms with Crippen molar-refractivity contribution in [2.24, 2.45) is 0 Å². The van der Waals surface area contributed by atoms with Gasteiger partial charge in [0.2, 0.25) is 0 Å². The van der Waals surface area contributed by atoms with Crippen LogP contribution in [0.2, 0.25) is 5.02 Å². The number of hydrogen-bond acceptors (Lipinski definition) is 2. The molecule has 3 nitrogen and oxygen atoms in total. The summed E-state index contributed by atoms with van der Waals surface area (Å²) >= 11 is 6.44. The minimum absolute atomic E-state index is 0.452. The largest absolute Gasteiger partial charge is 0.310 e. The van der Waals surface area contributed by atoms with Crippen LogP contribution in [0.5, 0.6) is 0 Å². The highest BCUT2D eigenvalue weighted by molar-refractivity contribution is 6.31. The maximum Gasteiger partial charge on any atom is 0.0674 e. The molecule has 1 aromatic heterocycles. The average molecular weight is 306 g/mol. The molecule has 0 spiro atoms. The fourth-order valence-electron chi connectivity index (χ4n) is 2.58. The molecule has 0 saturated carbocycles. The highest BCUT2D eigenvalue weighted by atomic mass is 35.5. The van der Waals surface area contributed by atoms with Gasteiger partial charge in [-0.25, -0.2) is 0 Å². The van der Waals surface area contributed by atoms with Gasteiger partial charge in [-0.3, -0.25) is 4.68 Å². The number of aryl methyl sites for hydroxylation is 2. The Hall–Kier alpha value is -1.32. The summed E-state index contributed by atoms with van der Waals surface area (Å²) in [4.78, 5) is 0. The number of nitrogens with one attached hydrogen (secondary N) is 1. The van der Waals surface area contributed by atoms with Gasteiger partial charge < -0.3 is 5.32 Å². The molecule has 0 radical (unpaired) electrons. The van der Waals surface area contributed by atoms with Crippen molar-refractivity contribution < 1.29 is 0 Å². The molecule has 1 aromatic carbocycles. The van der Waals surface area contributed by atoms with E-state index in [0.29, 0.717) is 6.04 Å². The zero-order chi connectivity index (χ0) is 15.6. The van der Waals surface area contributed by atoms with E-state index >= 15 is 0 Å². The van der Waals surface area contributed by atoms with Crippen LogP contribution >= 0.6 is 11.6 Å². The zero-order valence-corrected chi connectivity index (χ0v) is 14.3. The normalized spacial score (nSPS) is 11.4. The van der Waals surface area contributed by atoms with Crippen LogP contribution in [0.3, 0.4) is 0 Å². The average Bonchev–Trinajstić information content (AvgIpc) is 2.71. The van der Waals surface area contributed by atoms with E-state index in [1.54, 1.807) is 0 Å². The van der Waals surface area contributed by atoms with E-state index in [9.17, 15) is 0 Å². The lowest BCUT2D eigenvalue weighted by Crippen LogP contribution is -2.21. The molecule has 0 aliphatic rings. The molecule has 0 saturated heterocycles. The predicted molar refractivity (Wildman–Crippen MR) is 89.8 cm³/mol. The quantitative estimate of drug-likeness (QED) is 0.890. The number of halogens is 1. The van der Waals surface area contributed by atoms with E-state index in [1.165, 1.54) is 11.3 Å². The van der Waals surface area contributed by atoms with Gasteiger partial charge in [-0.15, -0.1) is 0 Å². The fourth-order valence-corrected chi connectivity index (χ4v) is 2.83. The van der Waals surface area contributed by atoms with E-state index in [-0.39, 0.29) is 0 Å². The van der Waals surface area contributed by atoms with E-state index in [1.807, 2.05) is 4.68 Å². The van der Waals surface area contributed by atoms with Crippen LogP contribution in [0.25, 0.3) is 11.1 Å². The van der Waals surface area contributed by atoms with Crippen LogP contribution in [0.4, 0.5) is 0 Å². The second-order valence-electron chi connectivity index (χ2n) is 5.70. The summed E-state index contributed by atoms with van der Waals surface area (Å²) in [6.45, 7) is 12.2. The Morgan fingerprint density at radius 2 is 2.00 bits per heavy atom. The molecule has 0 unspecified atom stereocenters. The van der Waals surface area contributed by atoms with E-state index in [4.69, 9.17) is 11.6 Å². The summed E-state index contributed by atoms with van der Waals surface area (Å²) in [5, 5.41) is 8.78. The topological polar surface area (TPSA) is 29.9 Å². The summed E-state index contributed by atoms with van der Waals surface area (Å²) in [6, 6.07) is 6.75. The fraction of sp³-hybridized carbons (Fsp3) is 0.471. The Labute approximate surface area is 132 Å². The maximum atomic E-state index is 6.44. The highest BCUT2D eigenvalue weighted by Gasteiger charge is 2.14. The highest BCUT2D eigenvalue weighted by Crippen LogP contribution is 2.30. The van der Waals surface area contributed by atoms with Gasteiger partial charge in [0.25, 0.3) is 0 Å². The summed E-state index contributed by atoms with van der Waals surface area (Å²) in [7, 11) is 0. The van der Waals surface area contributed by atoms with Crippen molar-refractivity contribution in [1.29, 1.82) is 0 Å². The standard InChI is InChI=1S/C17H24ClN3/c1-6-21-13(5)17(12(4)20-21)14-7-8-15(16(18)9-14)10-19-11(2)3/h7-9,11,19H,6,10H2,1-5H3. The zero-order valence-electron chi connectivity index (χ0n) is 13.5. The van der Waals surface area contributed by atoms with Gasteiger partial charge in [-0.2, -0.15) is 5.10 Å². The smallest absolute Gasteiger partial charge is 0.0674 e. The second kappa shape index (κ2) is 6.63. The van der Waals surface area contributed by atoms with Gasteiger partial charge >= 0.3 is 0 Å². The third-order valence-electron chi connectivity index (χ3n) is 3.72. The van der Waals surface area contributed by atoms with Gasteiger partial charge in [0.1, 0.15) is 0 Å². The first kappa shape index (κ1) is 16.1. The van der Waals surface area contributed by atoms with Gasteiger partial charge in [0.05, 0.1) is 5.69 Å². The molecule has 0 fully saturated rings. The first-order valence-corrected chi connectivity index (χ1v) is 7.88. The maximum absolute atomic E-state index is 6.44. The summed E-state index contributed by atoms with van der Waals surface area (Å²) in [5.74, 6) is 0. The SMILES string of the molecule is CCn1nc(C)c(-c2ccc(CNC(C)C)c(Cl)c2)c1C. The van der Waals surface area contributed by atoms with Gasteiger partial charge in [0.15, 0.2) is 0 Å². The molecule has 2 rings (SSSR count). The van der Waals surface area contributed by atoms with Gasteiger partial charge in [-0.1, -0.05) is 37.6 Å². The Bertz CT molecular complexity index is 629. The van der Waals surface area contributed by atoms with Crippen LogP contribution in [0.15, 0.2) is 18.2 Å². The second-order valence-corrected chi connectivity index (χ2v) is 6.11. The molecule has 0 bridgehead atoms. The number of rotatable bonds is 5. The van der Waals surface area contributed by atoms with Gasteiger partial charge in [0, 0.05) is 35.4 Å². The number of benzene rings is 1. The van der Waals surface area contributed by atoms with Crippen LogP contribution in [-0.2, 0) is 13.1 Å². The lowest BCUT2D eigenvalue weighted by atomic mass is 10.0. The van der Waals surface area contributed by atoms with E-state index in [2.05, 4.69) is 63.2 Å². The van der Waals surface area contributed by atoms with Crippen molar-refractivity contribution >= 4 is 11.6 Å². The number of nitrogens with zero attached hydrogens (tertiary/aromatic N) is 2. The minimum atomic E-state index is 0.452. The van der Waals surface area contributed by atoms with Crippen molar-refractivity contribution in [3.63, 3.8) is 0 Å². The molecule has 0 aliphatic carbocycles. The molecule has 1 heterocycles. The molecular formula is C17H24ClN3. The Kier molecular flexibility index (Phi) is 5.07. The first-order valence-electron chi connectivity index (χ1n) is 7.50. The van der Waals surface area contributed by atoms with Crippen LogP contribution in [-0.4, -0.2) is 15.8 Å². The molecule has 0 atom stereocenters. The van der Waals surface area contributed by atoms with Crippen molar-refractivity contribution in [2.45, 2.75) is 53.8 Å². The first-order chi connectivity index (χ1) is 9.93. The molecule has 0 amide bonds. The number of hydrogen-bond donors (Lipinski definition) is 1. The molecule has 21 heavy (non-hydrogen) atoms. The molecule has 4 heteroatoms. The lowest BCUT2D eigenvalue weighted by molar-refractivity contribution is 0.589.